The molecule has 40 heavy (non-hydrogen) atoms. The van der Waals surface area contributed by atoms with Crippen LogP contribution in [0.4, 0.5) is 5.69 Å². The van der Waals surface area contributed by atoms with Gasteiger partial charge in [0.1, 0.15) is 18.3 Å². The van der Waals surface area contributed by atoms with Crippen molar-refractivity contribution in [3.63, 3.8) is 0 Å². The summed E-state index contributed by atoms with van der Waals surface area (Å²) in [4.78, 5) is 28.4. The Bertz CT molecular complexity index is 1410. The van der Waals surface area contributed by atoms with E-state index in [1.54, 1.807) is 75.6 Å². The van der Waals surface area contributed by atoms with E-state index in [1.165, 1.54) is 23.1 Å². The van der Waals surface area contributed by atoms with Gasteiger partial charge < -0.3 is 15.0 Å². The van der Waals surface area contributed by atoms with Crippen molar-refractivity contribution in [2.75, 3.05) is 24.5 Å². The van der Waals surface area contributed by atoms with Gasteiger partial charge in [0.2, 0.25) is 11.8 Å². The van der Waals surface area contributed by atoms with Crippen molar-refractivity contribution < 1.29 is 22.7 Å². The third kappa shape index (κ3) is 7.76. The second kappa shape index (κ2) is 13.7. The third-order valence-corrected chi connectivity index (χ3v) is 8.61. The molecule has 0 spiro atoms. The van der Waals surface area contributed by atoms with Crippen LogP contribution >= 0.6 is 11.6 Å². The Kier molecular flexibility index (Phi) is 10.6. The minimum atomic E-state index is -4.15. The van der Waals surface area contributed by atoms with Crippen LogP contribution in [0.1, 0.15) is 31.9 Å². The standard InChI is InChI=1S/C30H36ClN3O5S/c1-21(2)18-32-30(36)23(4)33(19-24-12-15-26(39-5)16-13-24)29(35)20-34(25-14-11-22(3)28(31)17-25)40(37,38)27-9-7-6-8-10-27/h6-17,21,23H,18-20H2,1-5H3,(H,32,36)/t23-/m0/s1. The fourth-order valence-corrected chi connectivity index (χ4v) is 5.55. The van der Waals surface area contributed by atoms with E-state index in [1.807, 2.05) is 13.8 Å². The van der Waals surface area contributed by atoms with Gasteiger partial charge in [-0.2, -0.15) is 0 Å². The van der Waals surface area contributed by atoms with Gasteiger partial charge in [-0.3, -0.25) is 13.9 Å². The van der Waals surface area contributed by atoms with E-state index in [-0.39, 0.29) is 29.0 Å². The molecule has 0 aliphatic carbocycles. The monoisotopic (exact) mass is 585 g/mol. The molecule has 0 radical (unpaired) electrons. The number of carbonyl (C=O) groups excluding carboxylic acids is 2. The molecular weight excluding hydrogens is 550 g/mol. The number of sulfonamides is 1. The molecule has 1 N–H and O–H groups in total. The Hall–Kier alpha value is -3.56. The maximum Gasteiger partial charge on any atom is 0.264 e. The first-order chi connectivity index (χ1) is 18.9. The van der Waals surface area contributed by atoms with Crippen LogP contribution in [0.25, 0.3) is 0 Å². The largest absolute Gasteiger partial charge is 0.497 e. The molecule has 3 rings (SSSR count). The molecule has 3 aromatic carbocycles. The molecule has 0 bridgehead atoms. The predicted octanol–water partition coefficient (Wildman–Crippen LogP) is 5.04. The molecule has 0 saturated carbocycles. The number of rotatable bonds is 12. The van der Waals surface area contributed by atoms with E-state index in [2.05, 4.69) is 5.32 Å². The summed E-state index contributed by atoms with van der Waals surface area (Å²) in [5.74, 6) is 0.00559. The molecule has 0 unspecified atom stereocenters. The molecule has 2 amide bonds. The third-order valence-electron chi connectivity index (χ3n) is 6.42. The van der Waals surface area contributed by atoms with Gasteiger partial charge in [-0.1, -0.05) is 61.8 Å². The Labute approximate surface area is 241 Å². The van der Waals surface area contributed by atoms with E-state index in [4.69, 9.17) is 16.3 Å². The van der Waals surface area contributed by atoms with Crippen molar-refractivity contribution >= 4 is 39.1 Å². The van der Waals surface area contributed by atoms with Crippen molar-refractivity contribution in [1.29, 1.82) is 0 Å². The van der Waals surface area contributed by atoms with Crippen LogP contribution in [-0.4, -0.2) is 51.4 Å². The topological polar surface area (TPSA) is 96.0 Å². The van der Waals surface area contributed by atoms with Gasteiger partial charge in [0, 0.05) is 18.1 Å². The minimum absolute atomic E-state index is 0.0314. The van der Waals surface area contributed by atoms with Crippen molar-refractivity contribution in [1.82, 2.24) is 10.2 Å². The Morgan fingerprint density at radius 1 is 0.975 bits per heavy atom. The summed E-state index contributed by atoms with van der Waals surface area (Å²) in [7, 11) is -2.59. The van der Waals surface area contributed by atoms with Crippen LogP contribution in [0.5, 0.6) is 5.75 Å². The quantitative estimate of drug-likeness (QED) is 0.321. The highest BCUT2D eigenvalue weighted by atomic mass is 35.5. The number of halogens is 1. The van der Waals surface area contributed by atoms with Crippen molar-refractivity contribution in [2.24, 2.45) is 5.92 Å². The second-order valence-electron chi connectivity index (χ2n) is 9.94. The zero-order valence-electron chi connectivity index (χ0n) is 23.4. The highest BCUT2D eigenvalue weighted by Crippen LogP contribution is 2.28. The lowest BCUT2D eigenvalue weighted by Gasteiger charge is -2.32. The van der Waals surface area contributed by atoms with E-state index in [0.29, 0.717) is 17.3 Å². The number of carbonyl (C=O) groups is 2. The number of anilines is 1. The van der Waals surface area contributed by atoms with Gasteiger partial charge >= 0.3 is 0 Å². The number of amides is 2. The number of ether oxygens (including phenoxy) is 1. The van der Waals surface area contributed by atoms with E-state index in [0.717, 1.165) is 15.4 Å². The van der Waals surface area contributed by atoms with Gasteiger partial charge in [0.15, 0.2) is 0 Å². The van der Waals surface area contributed by atoms with Crippen LogP contribution in [0.3, 0.4) is 0 Å². The summed E-state index contributed by atoms with van der Waals surface area (Å²) in [6.45, 7) is 7.40. The fourth-order valence-electron chi connectivity index (χ4n) is 3.95. The number of nitrogens with zero attached hydrogens (tertiary/aromatic N) is 2. The van der Waals surface area contributed by atoms with Gasteiger partial charge in [-0.25, -0.2) is 8.42 Å². The summed E-state index contributed by atoms with van der Waals surface area (Å²) in [6, 6.07) is 19.0. The number of nitrogens with one attached hydrogen (secondary N) is 1. The first-order valence-corrected chi connectivity index (χ1v) is 14.8. The molecule has 8 nitrogen and oxygen atoms in total. The first-order valence-electron chi connectivity index (χ1n) is 13.0. The summed E-state index contributed by atoms with van der Waals surface area (Å²) in [5, 5.41) is 3.24. The zero-order valence-corrected chi connectivity index (χ0v) is 25.0. The number of hydrogen-bond acceptors (Lipinski definition) is 5. The summed E-state index contributed by atoms with van der Waals surface area (Å²) in [6.07, 6.45) is 0. The van der Waals surface area contributed by atoms with Crippen LogP contribution in [0.2, 0.25) is 5.02 Å². The van der Waals surface area contributed by atoms with Crippen molar-refractivity contribution in [2.45, 2.75) is 45.2 Å². The second-order valence-corrected chi connectivity index (χ2v) is 12.2. The SMILES string of the molecule is COc1ccc(CN(C(=O)CN(c2ccc(C)c(Cl)c2)S(=O)(=O)c2ccccc2)[C@@H](C)C(=O)NCC(C)C)cc1. The molecule has 0 saturated heterocycles. The zero-order chi connectivity index (χ0) is 29.4. The summed E-state index contributed by atoms with van der Waals surface area (Å²) in [5.41, 5.74) is 1.77. The van der Waals surface area contributed by atoms with Gasteiger partial charge in [0.25, 0.3) is 10.0 Å². The normalized spacial score (nSPS) is 12.1. The molecule has 0 aliphatic heterocycles. The average molecular weight is 586 g/mol. The lowest BCUT2D eigenvalue weighted by Crippen LogP contribution is -2.51. The molecule has 0 heterocycles. The molecule has 214 valence electrons. The predicted molar refractivity (Wildman–Crippen MR) is 158 cm³/mol. The van der Waals surface area contributed by atoms with Gasteiger partial charge in [0.05, 0.1) is 17.7 Å². The van der Waals surface area contributed by atoms with E-state index < -0.39 is 28.5 Å². The Morgan fingerprint density at radius 2 is 1.62 bits per heavy atom. The number of benzene rings is 3. The van der Waals surface area contributed by atoms with Crippen LogP contribution in [0.15, 0.2) is 77.7 Å². The molecule has 0 aliphatic rings. The fraction of sp³-hybridized carbons (Fsp3) is 0.333. The van der Waals surface area contributed by atoms with Crippen molar-refractivity contribution in [3.8, 4) is 5.75 Å². The highest BCUT2D eigenvalue weighted by molar-refractivity contribution is 7.92. The maximum absolute atomic E-state index is 14.0. The molecule has 3 aromatic rings. The van der Waals surface area contributed by atoms with Crippen LogP contribution in [0, 0.1) is 12.8 Å². The van der Waals surface area contributed by atoms with Gasteiger partial charge in [-0.05, 0) is 67.3 Å². The van der Waals surface area contributed by atoms with Crippen LogP contribution < -0.4 is 14.4 Å². The van der Waals surface area contributed by atoms with E-state index in [9.17, 15) is 18.0 Å². The average Bonchev–Trinajstić information content (AvgIpc) is 2.95. The number of methoxy groups -OCH3 is 1. The smallest absolute Gasteiger partial charge is 0.264 e. The van der Waals surface area contributed by atoms with E-state index >= 15 is 0 Å². The van der Waals surface area contributed by atoms with Crippen molar-refractivity contribution in [3.05, 3.63) is 88.9 Å². The number of hydrogen-bond donors (Lipinski definition) is 1. The lowest BCUT2D eigenvalue weighted by atomic mass is 10.1. The Morgan fingerprint density at radius 3 is 2.20 bits per heavy atom. The number of aryl methyl sites for hydroxylation is 1. The lowest BCUT2D eigenvalue weighted by molar-refractivity contribution is -0.139. The minimum Gasteiger partial charge on any atom is -0.497 e. The summed E-state index contributed by atoms with van der Waals surface area (Å²) < 4.78 is 33.9. The molecule has 0 aromatic heterocycles. The maximum atomic E-state index is 14.0. The summed E-state index contributed by atoms with van der Waals surface area (Å²) >= 11 is 6.36. The molecule has 0 fully saturated rings. The van der Waals surface area contributed by atoms with Crippen LogP contribution in [-0.2, 0) is 26.2 Å². The van der Waals surface area contributed by atoms with Gasteiger partial charge in [-0.15, -0.1) is 0 Å². The Balaban J connectivity index is 2.02. The highest BCUT2D eigenvalue weighted by Gasteiger charge is 2.32. The first kappa shape index (κ1) is 31.0. The molecular formula is C30H36ClN3O5S. The molecule has 10 heteroatoms. The molecule has 1 atom stereocenters.